The highest BCUT2D eigenvalue weighted by molar-refractivity contribution is 9.10. The lowest BCUT2D eigenvalue weighted by molar-refractivity contribution is 0.291. The molecule has 1 aromatic heterocycles. The minimum Gasteiger partial charge on any atom is -0.410 e. The van der Waals surface area contributed by atoms with Gasteiger partial charge >= 0.3 is 5.69 Å². The van der Waals surface area contributed by atoms with Crippen LogP contribution in [0.5, 0.6) is 0 Å². The number of nitrogens with zero attached hydrogens (tertiary/aromatic N) is 4. The predicted molar refractivity (Wildman–Crippen MR) is 103 cm³/mol. The van der Waals surface area contributed by atoms with E-state index in [1.807, 2.05) is 50.2 Å². The summed E-state index contributed by atoms with van der Waals surface area (Å²) in [6.07, 6.45) is 0. The van der Waals surface area contributed by atoms with Crippen LogP contribution in [0.4, 0.5) is 0 Å². The number of halogens is 1. The smallest absolute Gasteiger partial charge is 0.368 e. The molecular formula is C18H18BrN5O2. The molecule has 26 heavy (non-hydrogen) atoms. The Kier molecular flexibility index (Phi) is 5.06. The van der Waals surface area contributed by atoms with E-state index in [-0.39, 0.29) is 5.69 Å². The molecule has 0 saturated heterocycles. The van der Waals surface area contributed by atoms with Crippen LogP contribution >= 0.6 is 15.9 Å². The molecule has 3 aromatic rings. The molecule has 0 atom stereocenters. The molecule has 0 aliphatic rings. The van der Waals surface area contributed by atoms with Gasteiger partial charge in [0, 0.05) is 22.7 Å². The zero-order valence-electron chi connectivity index (χ0n) is 14.6. The summed E-state index contributed by atoms with van der Waals surface area (Å²) < 4.78 is 3.34. The fourth-order valence-corrected chi connectivity index (χ4v) is 3.18. The molecule has 0 bridgehead atoms. The average molecular weight is 416 g/mol. The summed E-state index contributed by atoms with van der Waals surface area (Å²) in [6.45, 7) is 3.84. The molecule has 7 nitrogen and oxygen atoms in total. The predicted octanol–water partition coefficient (Wildman–Crippen LogP) is 2.82. The lowest BCUT2D eigenvalue weighted by atomic mass is 9.98. The van der Waals surface area contributed by atoms with Crippen LogP contribution < -0.4 is 11.6 Å². The molecule has 0 unspecified atom stereocenters. The number of nitrogens with two attached hydrogens (primary N) is 1. The van der Waals surface area contributed by atoms with Crippen molar-refractivity contribution in [1.29, 1.82) is 0 Å². The molecule has 2 N–H and O–H groups in total. The molecule has 2 aromatic carbocycles. The Bertz CT molecular complexity index is 1050. The van der Waals surface area contributed by atoms with E-state index in [9.17, 15) is 4.79 Å². The normalized spacial score (nSPS) is 12.0. The van der Waals surface area contributed by atoms with E-state index >= 15 is 0 Å². The first-order valence-electron chi connectivity index (χ1n) is 7.87. The van der Waals surface area contributed by atoms with E-state index < -0.39 is 0 Å². The number of rotatable bonds is 4. The zero-order chi connectivity index (χ0) is 18.8. The molecule has 0 aliphatic carbocycles. The first-order valence-corrected chi connectivity index (χ1v) is 8.66. The van der Waals surface area contributed by atoms with E-state index in [0.717, 1.165) is 21.2 Å². The Morgan fingerprint density at radius 3 is 2.54 bits per heavy atom. The Morgan fingerprint density at radius 2 is 1.92 bits per heavy atom. The number of benzene rings is 2. The van der Waals surface area contributed by atoms with Crippen molar-refractivity contribution < 1.29 is 4.84 Å². The van der Waals surface area contributed by atoms with Crippen LogP contribution in [0.2, 0.25) is 0 Å². The summed E-state index contributed by atoms with van der Waals surface area (Å²) in [5.41, 5.74) is 3.57. The maximum absolute atomic E-state index is 12.3. The molecule has 0 aliphatic heterocycles. The van der Waals surface area contributed by atoms with Gasteiger partial charge in [-0.2, -0.15) is 15.3 Å². The minimum atomic E-state index is -0.353. The van der Waals surface area contributed by atoms with Crippen LogP contribution in [-0.2, 0) is 11.9 Å². The number of aryl methyl sites for hydroxylation is 2. The van der Waals surface area contributed by atoms with Crippen molar-refractivity contribution >= 4 is 27.3 Å². The second-order valence-corrected chi connectivity index (χ2v) is 6.76. The first-order chi connectivity index (χ1) is 12.4. The molecule has 1 heterocycles. The van der Waals surface area contributed by atoms with E-state index in [4.69, 9.17) is 10.7 Å². The highest BCUT2D eigenvalue weighted by atomic mass is 79.9. The van der Waals surface area contributed by atoms with Crippen molar-refractivity contribution in [2.45, 2.75) is 13.8 Å². The van der Waals surface area contributed by atoms with E-state index in [0.29, 0.717) is 17.0 Å². The van der Waals surface area contributed by atoms with Gasteiger partial charge in [-0.1, -0.05) is 40.2 Å². The molecule has 0 spiro atoms. The van der Waals surface area contributed by atoms with Gasteiger partial charge in [0.15, 0.2) is 5.76 Å². The maximum Gasteiger partial charge on any atom is 0.368 e. The molecule has 8 heteroatoms. The molecular weight excluding hydrogens is 398 g/mol. The zero-order valence-corrected chi connectivity index (χ0v) is 16.2. The molecule has 134 valence electrons. The summed E-state index contributed by atoms with van der Waals surface area (Å²) in [6, 6.07) is 13.4. The van der Waals surface area contributed by atoms with Crippen molar-refractivity contribution in [1.82, 2.24) is 19.8 Å². The summed E-state index contributed by atoms with van der Waals surface area (Å²) >= 11 is 3.47. The lowest BCUT2D eigenvalue weighted by Crippen LogP contribution is -2.23. The molecule has 0 amide bonds. The van der Waals surface area contributed by atoms with Crippen LogP contribution in [0.3, 0.4) is 0 Å². The molecule has 3 rings (SSSR count). The number of aromatic nitrogens is 4. The van der Waals surface area contributed by atoms with Gasteiger partial charge in [-0.05, 0) is 53.6 Å². The SMILES string of the molecule is C/C(=C(\ON)c1c(C)cccc1-n1nnn(C)c1=O)c1cccc(Br)c1. The van der Waals surface area contributed by atoms with Crippen LogP contribution in [0.15, 0.2) is 51.7 Å². The second kappa shape index (κ2) is 7.27. The van der Waals surface area contributed by atoms with Gasteiger partial charge in [0.05, 0.1) is 5.69 Å². The topological polar surface area (TPSA) is 88.0 Å². The Morgan fingerprint density at radius 1 is 1.19 bits per heavy atom. The third-order valence-corrected chi connectivity index (χ3v) is 4.64. The average Bonchev–Trinajstić information content (AvgIpc) is 2.96. The van der Waals surface area contributed by atoms with Crippen molar-refractivity contribution in [2.75, 3.05) is 0 Å². The number of hydrogen-bond donors (Lipinski definition) is 1. The number of tetrazole rings is 1. The maximum atomic E-state index is 12.3. The van der Waals surface area contributed by atoms with Crippen molar-refractivity contribution in [3.8, 4) is 5.69 Å². The highest BCUT2D eigenvalue weighted by Gasteiger charge is 2.20. The second-order valence-electron chi connectivity index (χ2n) is 5.85. The number of hydrogen-bond acceptors (Lipinski definition) is 5. The fraction of sp³-hybridized carbons (Fsp3) is 0.167. The molecule has 0 radical (unpaired) electrons. The van der Waals surface area contributed by atoms with Crippen LogP contribution in [0.25, 0.3) is 17.0 Å². The van der Waals surface area contributed by atoms with Gasteiger partial charge in [-0.3, -0.25) is 0 Å². The lowest BCUT2D eigenvalue weighted by Gasteiger charge is -2.16. The minimum absolute atomic E-state index is 0.353. The van der Waals surface area contributed by atoms with E-state index in [1.54, 1.807) is 13.1 Å². The van der Waals surface area contributed by atoms with Gasteiger partial charge < -0.3 is 4.84 Å². The Labute approximate surface area is 158 Å². The summed E-state index contributed by atoms with van der Waals surface area (Å²) in [5.74, 6) is 6.11. The van der Waals surface area contributed by atoms with Gasteiger partial charge in [0.1, 0.15) is 0 Å². The van der Waals surface area contributed by atoms with Crippen LogP contribution in [0.1, 0.15) is 23.6 Å². The van der Waals surface area contributed by atoms with Gasteiger partial charge in [0.2, 0.25) is 0 Å². The monoisotopic (exact) mass is 415 g/mol. The molecule has 0 fully saturated rings. The summed E-state index contributed by atoms with van der Waals surface area (Å²) in [5, 5.41) is 7.73. The quantitative estimate of drug-likeness (QED) is 0.402. The van der Waals surface area contributed by atoms with Gasteiger partial charge in [-0.25, -0.2) is 4.79 Å². The van der Waals surface area contributed by atoms with E-state index in [1.165, 1.54) is 9.36 Å². The Hall–Kier alpha value is -2.71. The van der Waals surface area contributed by atoms with Crippen LogP contribution in [-0.4, -0.2) is 19.8 Å². The first kappa shape index (κ1) is 18.1. The van der Waals surface area contributed by atoms with Crippen molar-refractivity contribution in [3.05, 3.63) is 74.1 Å². The van der Waals surface area contributed by atoms with Gasteiger partial charge in [-0.15, -0.1) is 0 Å². The number of allylic oxidation sites excluding steroid dienone is 1. The summed E-state index contributed by atoms with van der Waals surface area (Å²) in [4.78, 5) is 17.6. The van der Waals surface area contributed by atoms with Gasteiger partial charge in [0.25, 0.3) is 0 Å². The summed E-state index contributed by atoms with van der Waals surface area (Å²) in [7, 11) is 1.55. The van der Waals surface area contributed by atoms with E-state index in [2.05, 4.69) is 26.4 Å². The third-order valence-electron chi connectivity index (χ3n) is 4.14. The third kappa shape index (κ3) is 3.21. The van der Waals surface area contributed by atoms with Crippen LogP contribution in [0, 0.1) is 6.92 Å². The standard InChI is InChI=1S/C18H18BrN5O2/c1-11-6-4-9-15(24-18(25)23(3)21-22-24)16(11)17(26-20)12(2)13-7-5-8-14(19)10-13/h4-10H,20H2,1-3H3/b17-12+. The van der Waals surface area contributed by atoms with Crippen molar-refractivity contribution in [2.24, 2.45) is 12.9 Å². The van der Waals surface area contributed by atoms with Crippen molar-refractivity contribution in [3.63, 3.8) is 0 Å². The highest BCUT2D eigenvalue weighted by Crippen LogP contribution is 2.32. The fourth-order valence-electron chi connectivity index (χ4n) is 2.78. The molecule has 0 saturated carbocycles. The Balaban J connectivity index is 2.29. The largest absolute Gasteiger partial charge is 0.410 e.